The Morgan fingerprint density at radius 1 is 1.45 bits per heavy atom. The first kappa shape index (κ1) is 13.4. The molecule has 4 heteroatoms. The van der Waals surface area contributed by atoms with Gasteiger partial charge < -0.3 is 14.6 Å². The van der Waals surface area contributed by atoms with Crippen molar-refractivity contribution in [2.75, 3.05) is 13.7 Å². The summed E-state index contributed by atoms with van der Waals surface area (Å²) in [5.41, 5.74) is 2.23. The van der Waals surface area contributed by atoms with Gasteiger partial charge in [-0.05, 0) is 44.4 Å². The van der Waals surface area contributed by atoms with Crippen molar-refractivity contribution in [2.24, 2.45) is 5.92 Å². The van der Waals surface area contributed by atoms with Crippen LogP contribution >= 0.6 is 0 Å². The summed E-state index contributed by atoms with van der Waals surface area (Å²) in [6, 6.07) is 6.52. The first-order valence-electron chi connectivity index (χ1n) is 7.50. The first-order chi connectivity index (χ1) is 9.72. The third-order valence-electron chi connectivity index (χ3n) is 4.28. The van der Waals surface area contributed by atoms with Gasteiger partial charge in [0.25, 0.3) is 0 Å². The fraction of sp³-hybridized carbons (Fsp3) is 0.562. The Hall–Kier alpha value is -1.55. The molecular weight excluding hydrogens is 250 g/mol. The third-order valence-corrected chi connectivity index (χ3v) is 4.28. The molecule has 0 saturated carbocycles. The molecular formula is C16H23N3O. The number of nitrogens with one attached hydrogen (secondary N) is 1. The maximum Gasteiger partial charge on any atom is 0.127 e. The summed E-state index contributed by atoms with van der Waals surface area (Å²) in [6.07, 6.45) is 2.43. The summed E-state index contributed by atoms with van der Waals surface area (Å²) in [5.74, 6) is 2.80. The number of piperidine rings is 1. The van der Waals surface area contributed by atoms with Crippen molar-refractivity contribution >= 4 is 11.0 Å². The second-order valence-corrected chi connectivity index (χ2v) is 5.71. The molecule has 0 spiro atoms. The second-order valence-electron chi connectivity index (χ2n) is 5.71. The highest BCUT2D eigenvalue weighted by Gasteiger charge is 2.24. The van der Waals surface area contributed by atoms with Crippen LogP contribution in [0.15, 0.2) is 18.2 Å². The molecule has 3 rings (SSSR count). The van der Waals surface area contributed by atoms with E-state index >= 15 is 0 Å². The summed E-state index contributed by atoms with van der Waals surface area (Å²) in [5, 5.41) is 3.62. The van der Waals surface area contributed by atoms with Gasteiger partial charge in [0.2, 0.25) is 0 Å². The maximum absolute atomic E-state index is 5.30. The summed E-state index contributed by atoms with van der Waals surface area (Å²) in [6.45, 7) is 6.55. The molecule has 2 heterocycles. The number of methoxy groups -OCH3 is 1. The van der Waals surface area contributed by atoms with Crippen LogP contribution in [-0.4, -0.2) is 23.2 Å². The lowest BCUT2D eigenvalue weighted by molar-refractivity contribution is 0.311. The third kappa shape index (κ3) is 2.29. The van der Waals surface area contributed by atoms with Gasteiger partial charge in [-0.3, -0.25) is 0 Å². The molecule has 1 fully saturated rings. The SMILES string of the molecule is CCn1c(C2CC(C)CCN2)nc2cc(OC)ccc21. The number of hydrogen-bond donors (Lipinski definition) is 1. The Kier molecular flexibility index (Phi) is 3.66. The van der Waals surface area contributed by atoms with Gasteiger partial charge >= 0.3 is 0 Å². The summed E-state index contributed by atoms with van der Waals surface area (Å²) in [4.78, 5) is 4.87. The Morgan fingerprint density at radius 2 is 2.30 bits per heavy atom. The molecule has 20 heavy (non-hydrogen) atoms. The largest absolute Gasteiger partial charge is 0.497 e. The molecule has 1 aromatic heterocycles. The minimum absolute atomic E-state index is 0.372. The smallest absolute Gasteiger partial charge is 0.127 e. The van der Waals surface area contributed by atoms with Crippen LogP contribution in [0, 0.1) is 5.92 Å². The van der Waals surface area contributed by atoms with Crippen LogP contribution in [0.4, 0.5) is 0 Å². The van der Waals surface area contributed by atoms with Gasteiger partial charge in [0.15, 0.2) is 0 Å². The van der Waals surface area contributed by atoms with E-state index in [9.17, 15) is 0 Å². The quantitative estimate of drug-likeness (QED) is 0.934. The molecule has 1 aliphatic heterocycles. The van der Waals surface area contributed by atoms with E-state index in [2.05, 4.69) is 29.8 Å². The van der Waals surface area contributed by atoms with Crippen LogP contribution in [0.3, 0.4) is 0 Å². The minimum atomic E-state index is 0.372. The topological polar surface area (TPSA) is 39.1 Å². The van der Waals surface area contributed by atoms with E-state index < -0.39 is 0 Å². The van der Waals surface area contributed by atoms with Gasteiger partial charge in [-0.15, -0.1) is 0 Å². The summed E-state index contributed by atoms with van der Waals surface area (Å²) in [7, 11) is 1.70. The second kappa shape index (κ2) is 5.44. The molecule has 0 amide bonds. The van der Waals surface area contributed by atoms with Crippen LogP contribution < -0.4 is 10.1 Å². The Balaban J connectivity index is 2.05. The molecule has 0 radical (unpaired) electrons. The highest BCUT2D eigenvalue weighted by molar-refractivity contribution is 5.78. The molecule has 1 saturated heterocycles. The van der Waals surface area contributed by atoms with Crippen molar-refractivity contribution in [1.82, 2.24) is 14.9 Å². The van der Waals surface area contributed by atoms with Gasteiger partial charge in [0, 0.05) is 12.6 Å². The number of aryl methyl sites for hydroxylation is 1. The van der Waals surface area contributed by atoms with Crippen molar-refractivity contribution < 1.29 is 4.74 Å². The van der Waals surface area contributed by atoms with Crippen molar-refractivity contribution in [1.29, 1.82) is 0 Å². The highest BCUT2D eigenvalue weighted by Crippen LogP contribution is 2.30. The lowest BCUT2D eigenvalue weighted by atomic mass is 9.94. The van der Waals surface area contributed by atoms with Gasteiger partial charge in [-0.2, -0.15) is 0 Å². The molecule has 108 valence electrons. The molecule has 0 bridgehead atoms. The predicted molar refractivity (Wildman–Crippen MR) is 81.1 cm³/mol. The van der Waals surface area contributed by atoms with Gasteiger partial charge in [0.1, 0.15) is 11.6 Å². The number of ether oxygens (including phenoxy) is 1. The van der Waals surface area contributed by atoms with E-state index in [1.54, 1.807) is 7.11 Å². The monoisotopic (exact) mass is 273 g/mol. The predicted octanol–water partition coefficient (Wildman–Crippen LogP) is 3.13. The van der Waals surface area contributed by atoms with Crippen molar-refractivity contribution in [3.05, 3.63) is 24.0 Å². The Bertz CT molecular complexity index is 605. The number of hydrogen-bond acceptors (Lipinski definition) is 3. The zero-order chi connectivity index (χ0) is 14.1. The van der Waals surface area contributed by atoms with Crippen molar-refractivity contribution in [3.63, 3.8) is 0 Å². The van der Waals surface area contributed by atoms with Crippen molar-refractivity contribution in [2.45, 2.75) is 39.3 Å². The van der Waals surface area contributed by atoms with E-state index in [1.807, 2.05) is 12.1 Å². The molecule has 1 aliphatic rings. The molecule has 0 aliphatic carbocycles. The van der Waals surface area contributed by atoms with Crippen LogP contribution in [0.2, 0.25) is 0 Å². The molecule has 2 aromatic rings. The lowest BCUT2D eigenvalue weighted by Crippen LogP contribution is -2.32. The maximum atomic E-state index is 5.30. The highest BCUT2D eigenvalue weighted by atomic mass is 16.5. The molecule has 2 unspecified atom stereocenters. The molecule has 2 atom stereocenters. The zero-order valence-corrected chi connectivity index (χ0v) is 12.5. The number of rotatable bonds is 3. The molecule has 4 nitrogen and oxygen atoms in total. The van der Waals surface area contributed by atoms with E-state index in [4.69, 9.17) is 9.72 Å². The number of aromatic nitrogens is 2. The van der Waals surface area contributed by atoms with E-state index in [0.717, 1.165) is 30.3 Å². The number of fused-ring (bicyclic) bond motifs is 1. The van der Waals surface area contributed by atoms with Crippen LogP contribution in [0.25, 0.3) is 11.0 Å². The fourth-order valence-corrected chi connectivity index (χ4v) is 3.16. The van der Waals surface area contributed by atoms with E-state index in [-0.39, 0.29) is 0 Å². The number of imidazole rings is 1. The summed E-state index contributed by atoms with van der Waals surface area (Å²) < 4.78 is 7.63. The zero-order valence-electron chi connectivity index (χ0n) is 12.5. The summed E-state index contributed by atoms with van der Waals surface area (Å²) >= 11 is 0. The van der Waals surface area contributed by atoms with Crippen LogP contribution in [0.5, 0.6) is 5.75 Å². The molecule has 1 N–H and O–H groups in total. The minimum Gasteiger partial charge on any atom is -0.497 e. The fourth-order valence-electron chi connectivity index (χ4n) is 3.16. The van der Waals surface area contributed by atoms with Gasteiger partial charge in [0.05, 0.1) is 24.2 Å². The number of nitrogens with zero attached hydrogens (tertiary/aromatic N) is 2. The first-order valence-corrected chi connectivity index (χ1v) is 7.50. The molecule has 1 aromatic carbocycles. The van der Waals surface area contributed by atoms with Crippen LogP contribution in [0.1, 0.15) is 38.6 Å². The van der Waals surface area contributed by atoms with Gasteiger partial charge in [-0.25, -0.2) is 4.98 Å². The van der Waals surface area contributed by atoms with Gasteiger partial charge in [-0.1, -0.05) is 6.92 Å². The number of benzene rings is 1. The van der Waals surface area contributed by atoms with Crippen molar-refractivity contribution in [3.8, 4) is 5.75 Å². The van der Waals surface area contributed by atoms with Crippen LogP contribution in [-0.2, 0) is 6.54 Å². The Morgan fingerprint density at radius 3 is 3.00 bits per heavy atom. The van der Waals surface area contributed by atoms with E-state index in [0.29, 0.717) is 6.04 Å². The lowest BCUT2D eigenvalue weighted by Gasteiger charge is -2.28. The average Bonchev–Trinajstić information content (AvgIpc) is 2.84. The average molecular weight is 273 g/mol. The normalized spacial score (nSPS) is 23.1. The Labute approximate surface area is 120 Å². The van der Waals surface area contributed by atoms with E-state index in [1.165, 1.54) is 24.2 Å². The standard InChI is InChI=1S/C16H23N3O/c1-4-19-15-6-5-12(20-3)10-13(15)18-16(19)14-9-11(2)7-8-17-14/h5-6,10-11,14,17H,4,7-9H2,1-3H3.